The van der Waals surface area contributed by atoms with Gasteiger partial charge in [-0.15, -0.1) is 0 Å². The maximum Gasteiger partial charge on any atom is 0.214 e. The van der Waals surface area contributed by atoms with Gasteiger partial charge in [-0.3, -0.25) is 0 Å². The summed E-state index contributed by atoms with van der Waals surface area (Å²) in [5.74, 6) is 1.78. The quantitative estimate of drug-likeness (QED) is 0.678. The number of rotatable bonds is 0. The van der Waals surface area contributed by atoms with Gasteiger partial charge in [0.25, 0.3) is 0 Å². The van der Waals surface area contributed by atoms with Crippen LogP contribution in [0.15, 0.2) is 6.20 Å². The highest BCUT2D eigenvalue weighted by molar-refractivity contribution is 5.23. The Hall–Kier alpha value is -0.990. The summed E-state index contributed by atoms with van der Waals surface area (Å²) in [5, 5.41) is 4.23. The molecule has 0 fully saturated rings. The van der Waals surface area contributed by atoms with E-state index < -0.39 is 0 Å². The van der Waals surface area contributed by atoms with Crippen LogP contribution in [0.25, 0.3) is 0 Å². The van der Waals surface area contributed by atoms with E-state index in [1.165, 1.54) is 0 Å². The molecule has 0 radical (unpaired) electrons. The fourth-order valence-corrected chi connectivity index (χ4v) is 1.38. The SMILES string of the molecule is CC.CC(C)C.Cc1cnn2c1OCCC2C. The van der Waals surface area contributed by atoms with E-state index in [1.54, 1.807) is 0 Å². The molecule has 1 atom stereocenters. The molecule has 0 saturated heterocycles. The van der Waals surface area contributed by atoms with Crippen LogP contribution in [-0.2, 0) is 0 Å². The molecule has 17 heavy (non-hydrogen) atoms. The van der Waals surface area contributed by atoms with Crippen molar-refractivity contribution in [2.75, 3.05) is 6.61 Å². The fraction of sp³-hybridized carbons (Fsp3) is 0.786. The molecule has 1 aromatic heterocycles. The summed E-state index contributed by atoms with van der Waals surface area (Å²) in [6.45, 7) is 15.5. The molecule has 2 rings (SSSR count). The van der Waals surface area contributed by atoms with Crippen molar-refractivity contribution in [3.8, 4) is 5.88 Å². The van der Waals surface area contributed by atoms with Crippen molar-refractivity contribution >= 4 is 0 Å². The number of aromatic nitrogens is 2. The zero-order valence-corrected chi connectivity index (χ0v) is 12.4. The lowest BCUT2D eigenvalue weighted by Crippen LogP contribution is -2.19. The Morgan fingerprint density at radius 1 is 1.35 bits per heavy atom. The molecule has 0 aliphatic carbocycles. The number of hydrogen-bond acceptors (Lipinski definition) is 2. The smallest absolute Gasteiger partial charge is 0.214 e. The monoisotopic (exact) mass is 240 g/mol. The van der Waals surface area contributed by atoms with Gasteiger partial charge in [-0.1, -0.05) is 34.6 Å². The van der Waals surface area contributed by atoms with Crippen LogP contribution in [0.2, 0.25) is 0 Å². The molecule has 0 aromatic carbocycles. The molecule has 2 heterocycles. The van der Waals surface area contributed by atoms with Crippen LogP contribution in [0.4, 0.5) is 0 Å². The molecule has 0 saturated carbocycles. The first-order chi connectivity index (χ1) is 8.02. The van der Waals surface area contributed by atoms with Crippen LogP contribution in [0.5, 0.6) is 5.88 Å². The highest BCUT2D eigenvalue weighted by Gasteiger charge is 2.18. The second-order valence-electron chi connectivity index (χ2n) is 4.80. The van der Waals surface area contributed by atoms with E-state index in [9.17, 15) is 0 Å². The predicted octanol–water partition coefficient (Wildman–Crippen LogP) is 4.22. The largest absolute Gasteiger partial charge is 0.478 e. The summed E-state index contributed by atoms with van der Waals surface area (Å²) in [7, 11) is 0. The van der Waals surface area contributed by atoms with Crippen molar-refractivity contribution in [3.63, 3.8) is 0 Å². The molecule has 0 N–H and O–H groups in total. The number of fused-ring (bicyclic) bond motifs is 1. The predicted molar refractivity (Wildman–Crippen MR) is 73.6 cm³/mol. The van der Waals surface area contributed by atoms with Crippen molar-refractivity contribution < 1.29 is 4.74 Å². The molecular formula is C14H28N2O. The lowest BCUT2D eigenvalue weighted by atomic mass is 10.2. The third kappa shape index (κ3) is 5.24. The van der Waals surface area contributed by atoms with E-state index in [4.69, 9.17) is 4.74 Å². The minimum absolute atomic E-state index is 0.493. The number of hydrogen-bond donors (Lipinski definition) is 0. The van der Waals surface area contributed by atoms with E-state index in [0.29, 0.717) is 6.04 Å². The van der Waals surface area contributed by atoms with Crippen molar-refractivity contribution in [2.45, 2.75) is 60.9 Å². The molecule has 0 bridgehead atoms. The Bertz CT molecular complexity index is 302. The lowest BCUT2D eigenvalue weighted by Gasteiger charge is -2.21. The van der Waals surface area contributed by atoms with E-state index >= 15 is 0 Å². The van der Waals surface area contributed by atoms with Crippen LogP contribution in [0.3, 0.4) is 0 Å². The van der Waals surface area contributed by atoms with Gasteiger partial charge in [-0.25, -0.2) is 4.68 Å². The molecule has 100 valence electrons. The third-order valence-corrected chi connectivity index (χ3v) is 2.11. The minimum Gasteiger partial charge on any atom is -0.478 e. The Labute approximate surface area is 106 Å². The first kappa shape index (κ1) is 16.0. The number of aryl methyl sites for hydroxylation is 1. The molecule has 1 aliphatic heterocycles. The van der Waals surface area contributed by atoms with Crippen molar-refractivity contribution in [2.24, 2.45) is 5.92 Å². The molecule has 3 heteroatoms. The van der Waals surface area contributed by atoms with E-state index in [0.717, 1.165) is 30.4 Å². The van der Waals surface area contributed by atoms with Gasteiger partial charge in [0, 0.05) is 12.0 Å². The van der Waals surface area contributed by atoms with Crippen LogP contribution in [-0.4, -0.2) is 16.4 Å². The van der Waals surface area contributed by atoms with Crippen LogP contribution in [0.1, 0.15) is 59.6 Å². The van der Waals surface area contributed by atoms with Gasteiger partial charge >= 0.3 is 0 Å². The van der Waals surface area contributed by atoms with E-state index in [2.05, 4.69) is 32.8 Å². The Morgan fingerprint density at radius 2 is 1.88 bits per heavy atom. The molecule has 0 spiro atoms. The highest BCUT2D eigenvalue weighted by Crippen LogP contribution is 2.27. The Morgan fingerprint density at radius 3 is 2.35 bits per heavy atom. The maximum absolute atomic E-state index is 5.47. The van der Waals surface area contributed by atoms with Crippen LogP contribution >= 0.6 is 0 Å². The highest BCUT2D eigenvalue weighted by atomic mass is 16.5. The first-order valence-corrected chi connectivity index (χ1v) is 6.69. The summed E-state index contributed by atoms with van der Waals surface area (Å²) in [5.41, 5.74) is 1.14. The first-order valence-electron chi connectivity index (χ1n) is 6.69. The normalized spacial score (nSPS) is 17.1. The molecular weight excluding hydrogens is 212 g/mol. The summed E-state index contributed by atoms with van der Waals surface area (Å²) in [6, 6.07) is 0.493. The average molecular weight is 240 g/mol. The van der Waals surface area contributed by atoms with Gasteiger partial charge in [-0.05, 0) is 19.8 Å². The number of nitrogens with zero attached hydrogens (tertiary/aromatic N) is 2. The number of ether oxygens (including phenoxy) is 1. The van der Waals surface area contributed by atoms with Gasteiger partial charge in [0.2, 0.25) is 5.88 Å². The van der Waals surface area contributed by atoms with Gasteiger partial charge < -0.3 is 4.74 Å². The van der Waals surface area contributed by atoms with Gasteiger partial charge in [0.05, 0.1) is 18.8 Å². The Kier molecular flexibility index (Phi) is 7.68. The summed E-state index contributed by atoms with van der Waals surface area (Å²) in [6.07, 6.45) is 2.92. The molecule has 3 nitrogen and oxygen atoms in total. The molecule has 1 unspecified atom stereocenters. The van der Waals surface area contributed by atoms with Crippen molar-refractivity contribution in [3.05, 3.63) is 11.8 Å². The lowest BCUT2D eigenvalue weighted by molar-refractivity contribution is 0.200. The second-order valence-corrected chi connectivity index (χ2v) is 4.80. The Balaban J connectivity index is 0.000000368. The second kappa shape index (κ2) is 8.15. The summed E-state index contributed by atoms with van der Waals surface area (Å²) >= 11 is 0. The third-order valence-electron chi connectivity index (χ3n) is 2.11. The standard InChI is InChI=1S/C8H12N2O.C4H10.C2H6/c1-6-5-9-10-7(2)3-4-11-8(6)10;1-4(2)3;1-2/h5,7H,3-4H2,1-2H3;4H,1-3H3;1-2H3. The summed E-state index contributed by atoms with van der Waals surface area (Å²) < 4.78 is 7.42. The zero-order valence-electron chi connectivity index (χ0n) is 12.4. The maximum atomic E-state index is 5.47. The zero-order chi connectivity index (χ0) is 13.4. The molecule has 1 aromatic rings. The van der Waals surface area contributed by atoms with Gasteiger partial charge in [0.15, 0.2) is 0 Å². The molecule has 1 aliphatic rings. The fourth-order valence-electron chi connectivity index (χ4n) is 1.38. The van der Waals surface area contributed by atoms with E-state index in [-0.39, 0.29) is 0 Å². The minimum atomic E-state index is 0.493. The van der Waals surface area contributed by atoms with Gasteiger partial charge in [-0.2, -0.15) is 5.10 Å². The van der Waals surface area contributed by atoms with Crippen molar-refractivity contribution in [1.29, 1.82) is 0 Å². The van der Waals surface area contributed by atoms with Gasteiger partial charge in [0.1, 0.15) is 0 Å². The average Bonchev–Trinajstić information content (AvgIpc) is 2.65. The molecule has 0 amide bonds. The van der Waals surface area contributed by atoms with Crippen LogP contribution in [0, 0.1) is 12.8 Å². The van der Waals surface area contributed by atoms with Crippen LogP contribution < -0.4 is 4.74 Å². The topological polar surface area (TPSA) is 27.1 Å². The van der Waals surface area contributed by atoms with E-state index in [1.807, 2.05) is 31.6 Å². The summed E-state index contributed by atoms with van der Waals surface area (Å²) in [4.78, 5) is 0. The van der Waals surface area contributed by atoms with Crippen molar-refractivity contribution in [1.82, 2.24) is 9.78 Å².